The molecular formula is C22H24ClNO3. The van der Waals surface area contributed by atoms with Gasteiger partial charge in [-0.3, -0.25) is 4.79 Å². The van der Waals surface area contributed by atoms with Gasteiger partial charge in [0.15, 0.2) is 0 Å². The zero-order valence-electron chi connectivity index (χ0n) is 15.4. The number of hydrogen-bond donors (Lipinski definition) is 0. The Morgan fingerprint density at radius 1 is 1.22 bits per heavy atom. The van der Waals surface area contributed by atoms with Crippen LogP contribution >= 0.6 is 11.6 Å². The van der Waals surface area contributed by atoms with Gasteiger partial charge < -0.3 is 14.4 Å². The molecule has 1 heterocycles. The molecule has 1 atom stereocenters. The summed E-state index contributed by atoms with van der Waals surface area (Å²) in [7, 11) is 1.63. The average Bonchev–Trinajstić information content (AvgIpc) is 3.21. The minimum absolute atomic E-state index is 0.0312. The van der Waals surface area contributed by atoms with Crippen molar-refractivity contribution in [3.05, 3.63) is 70.8 Å². The summed E-state index contributed by atoms with van der Waals surface area (Å²) in [4.78, 5) is 14.7. The summed E-state index contributed by atoms with van der Waals surface area (Å²) < 4.78 is 10.9. The third-order valence-corrected chi connectivity index (χ3v) is 4.83. The molecular weight excluding hydrogens is 362 g/mol. The van der Waals surface area contributed by atoms with E-state index in [4.69, 9.17) is 21.1 Å². The molecule has 3 rings (SSSR count). The summed E-state index contributed by atoms with van der Waals surface area (Å²) in [6.45, 7) is 1.90. The minimum atomic E-state index is -0.0312. The Morgan fingerprint density at radius 3 is 2.59 bits per heavy atom. The highest BCUT2D eigenvalue weighted by molar-refractivity contribution is 6.30. The predicted octanol–water partition coefficient (Wildman–Crippen LogP) is 4.57. The van der Waals surface area contributed by atoms with E-state index in [9.17, 15) is 4.79 Å². The number of halogens is 1. The number of rotatable bonds is 7. The zero-order chi connectivity index (χ0) is 19.1. The number of ether oxygens (including phenoxy) is 2. The largest absolute Gasteiger partial charge is 0.497 e. The molecule has 1 saturated heterocycles. The summed E-state index contributed by atoms with van der Waals surface area (Å²) in [5.41, 5.74) is 2.00. The lowest BCUT2D eigenvalue weighted by molar-refractivity contribution is -0.128. The molecule has 0 aromatic heterocycles. The number of nitrogens with zero attached hydrogens (tertiary/aromatic N) is 1. The van der Waals surface area contributed by atoms with Crippen LogP contribution in [0.15, 0.2) is 54.6 Å². The Balaban J connectivity index is 1.70. The number of amides is 1. The van der Waals surface area contributed by atoms with Crippen molar-refractivity contribution in [2.75, 3.05) is 20.3 Å². The van der Waals surface area contributed by atoms with Gasteiger partial charge in [0.05, 0.1) is 13.2 Å². The Hall–Kier alpha value is -2.30. The van der Waals surface area contributed by atoms with Crippen LogP contribution in [0.25, 0.3) is 6.08 Å². The van der Waals surface area contributed by atoms with Gasteiger partial charge in [-0.1, -0.05) is 35.9 Å². The van der Waals surface area contributed by atoms with Gasteiger partial charge >= 0.3 is 0 Å². The molecule has 1 fully saturated rings. The molecule has 0 N–H and O–H groups in total. The number of methoxy groups -OCH3 is 1. The molecule has 2 aromatic rings. The Kier molecular flexibility index (Phi) is 6.91. The molecule has 0 spiro atoms. The van der Waals surface area contributed by atoms with Crippen molar-refractivity contribution in [3.8, 4) is 5.75 Å². The Bertz CT molecular complexity index is 765. The van der Waals surface area contributed by atoms with E-state index in [0.29, 0.717) is 18.1 Å². The first-order chi connectivity index (χ1) is 13.1. The molecule has 2 aromatic carbocycles. The van der Waals surface area contributed by atoms with E-state index in [1.165, 1.54) is 0 Å². The smallest absolute Gasteiger partial charge is 0.246 e. The maximum atomic E-state index is 12.8. The highest BCUT2D eigenvalue weighted by Gasteiger charge is 2.21. The van der Waals surface area contributed by atoms with E-state index in [-0.39, 0.29) is 12.0 Å². The maximum Gasteiger partial charge on any atom is 0.246 e. The second-order valence-electron chi connectivity index (χ2n) is 6.59. The van der Waals surface area contributed by atoms with Crippen LogP contribution in [0.3, 0.4) is 0 Å². The topological polar surface area (TPSA) is 38.8 Å². The molecule has 1 aliphatic rings. The Labute approximate surface area is 165 Å². The van der Waals surface area contributed by atoms with Crippen LogP contribution in [0.4, 0.5) is 0 Å². The van der Waals surface area contributed by atoms with Gasteiger partial charge in [-0.25, -0.2) is 0 Å². The molecule has 1 unspecified atom stereocenters. The van der Waals surface area contributed by atoms with Crippen molar-refractivity contribution >= 4 is 23.6 Å². The standard InChI is InChI=1S/C22H24ClNO3/c1-26-20-11-6-17(7-12-20)8-13-22(25)24(16-21-3-2-14-27-21)15-18-4-9-19(23)10-5-18/h4-13,21H,2-3,14-16H2,1H3/b13-8+. The molecule has 1 amide bonds. The lowest BCUT2D eigenvalue weighted by Crippen LogP contribution is -2.35. The van der Waals surface area contributed by atoms with Crippen LogP contribution in [-0.2, 0) is 16.1 Å². The number of carbonyl (C=O) groups is 1. The molecule has 0 aliphatic carbocycles. The van der Waals surface area contributed by atoms with Crippen LogP contribution < -0.4 is 4.74 Å². The van der Waals surface area contributed by atoms with Crippen LogP contribution in [0.2, 0.25) is 5.02 Å². The SMILES string of the molecule is COc1ccc(/C=C/C(=O)N(Cc2ccc(Cl)cc2)CC2CCCO2)cc1. The van der Waals surface area contributed by atoms with E-state index in [0.717, 1.165) is 36.3 Å². The van der Waals surface area contributed by atoms with E-state index in [1.54, 1.807) is 13.2 Å². The minimum Gasteiger partial charge on any atom is -0.497 e. The summed E-state index contributed by atoms with van der Waals surface area (Å²) in [5, 5.41) is 0.690. The van der Waals surface area contributed by atoms with Gasteiger partial charge in [0, 0.05) is 30.8 Å². The molecule has 5 heteroatoms. The van der Waals surface area contributed by atoms with Crippen molar-refractivity contribution in [2.45, 2.75) is 25.5 Å². The predicted molar refractivity (Wildman–Crippen MR) is 108 cm³/mol. The lowest BCUT2D eigenvalue weighted by Gasteiger charge is -2.24. The number of carbonyl (C=O) groups excluding carboxylic acids is 1. The first-order valence-corrected chi connectivity index (χ1v) is 9.49. The fraction of sp³-hybridized carbons (Fsp3) is 0.318. The van der Waals surface area contributed by atoms with Gasteiger partial charge in [0.25, 0.3) is 0 Å². The van der Waals surface area contributed by atoms with Crippen LogP contribution in [0.1, 0.15) is 24.0 Å². The molecule has 4 nitrogen and oxygen atoms in total. The molecule has 0 saturated carbocycles. The van der Waals surface area contributed by atoms with Crippen LogP contribution in [0, 0.1) is 0 Å². The average molecular weight is 386 g/mol. The van der Waals surface area contributed by atoms with Crippen molar-refractivity contribution in [2.24, 2.45) is 0 Å². The third kappa shape index (κ3) is 5.84. The second-order valence-corrected chi connectivity index (χ2v) is 7.02. The monoisotopic (exact) mass is 385 g/mol. The zero-order valence-corrected chi connectivity index (χ0v) is 16.2. The quantitative estimate of drug-likeness (QED) is 0.655. The lowest BCUT2D eigenvalue weighted by atomic mass is 10.1. The molecule has 0 bridgehead atoms. The second kappa shape index (κ2) is 9.58. The van der Waals surface area contributed by atoms with Gasteiger partial charge in [-0.05, 0) is 54.3 Å². The van der Waals surface area contributed by atoms with Crippen molar-refractivity contribution in [1.82, 2.24) is 4.90 Å². The fourth-order valence-corrected chi connectivity index (χ4v) is 3.19. The molecule has 142 valence electrons. The normalized spacial score (nSPS) is 16.6. The third-order valence-electron chi connectivity index (χ3n) is 4.58. The van der Waals surface area contributed by atoms with Gasteiger partial charge in [0.2, 0.25) is 5.91 Å². The highest BCUT2D eigenvalue weighted by atomic mass is 35.5. The highest BCUT2D eigenvalue weighted by Crippen LogP contribution is 2.18. The van der Waals surface area contributed by atoms with Crippen molar-refractivity contribution < 1.29 is 14.3 Å². The summed E-state index contributed by atoms with van der Waals surface area (Å²) in [5.74, 6) is 0.762. The first-order valence-electron chi connectivity index (χ1n) is 9.11. The first kappa shape index (κ1) is 19.5. The summed E-state index contributed by atoms with van der Waals surface area (Å²) in [6.07, 6.45) is 5.59. The maximum absolute atomic E-state index is 12.8. The van der Waals surface area contributed by atoms with Crippen LogP contribution in [-0.4, -0.2) is 37.2 Å². The van der Waals surface area contributed by atoms with E-state index in [1.807, 2.05) is 59.5 Å². The number of benzene rings is 2. The van der Waals surface area contributed by atoms with Crippen LogP contribution in [0.5, 0.6) is 5.75 Å². The van der Waals surface area contributed by atoms with Crippen molar-refractivity contribution in [1.29, 1.82) is 0 Å². The molecule has 27 heavy (non-hydrogen) atoms. The summed E-state index contributed by atoms with van der Waals surface area (Å²) >= 11 is 5.97. The van der Waals surface area contributed by atoms with Gasteiger partial charge in [-0.15, -0.1) is 0 Å². The van der Waals surface area contributed by atoms with Gasteiger partial charge in [0.1, 0.15) is 5.75 Å². The summed E-state index contributed by atoms with van der Waals surface area (Å²) in [6, 6.07) is 15.2. The van der Waals surface area contributed by atoms with E-state index >= 15 is 0 Å². The Morgan fingerprint density at radius 2 is 1.96 bits per heavy atom. The molecule has 1 aliphatic heterocycles. The van der Waals surface area contributed by atoms with Gasteiger partial charge in [-0.2, -0.15) is 0 Å². The van der Waals surface area contributed by atoms with E-state index in [2.05, 4.69) is 0 Å². The molecule has 0 radical (unpaired) electrons. The van der Waals surface area contributed by atoms with Crippen molar-refractivity contribution in [3.63, 3.8) is 0 Å². The van der Waals surface area contributed by atoms with E-state index < -0.39 is 0 Å². The number of hydrogen-bond acceptors (Lipinski definition) is 3. The fourth-order valence-electron chi connectivity index (χ4n) is 3.06.